The van der Waals surface area contributed by atoms with Crippen LogP contribution >= 0.6 is 11.3 Å². The number of hydrazine groups is 1. The molecule has 0 saturated heterocycles. The maximum absolute atomic E-state index is 12.1. The Morgan fingerprint density at radius 3 is 2.83 bits per heavy atom. The minimum atomic E-state index is -0.503. The minimum Gasteiger partial charge on any atom is -0.350 e. The molecule has 24 heavy (non-hydrogen) atoms. The van der Waals surface area contributed by atoms with E-state index in [4.69, 9.17) is 0 Å². The number of thiazole rings is 1. The Bertz CT molecular complexity index is 738. The molecule has 1 heterocycles. The molecule has 0 spiro atoms. The molecule has 1 aromatic carbocycles. The Labute approximate surface area is 144 Å². The van der Waals surface area contributed by atoms with Crippen LogP contribution in [0.1, 0.15) is 26.2 Å². The van der Waals surface area contributed by atoms with E-state index in [0.29, 0.717) is 5.13 Å². The van der Waals surface area contributed by atoms with Crippen molar-refractivity contribution in [1.82, 2.24) is 15.8 Å². The Hall–Kier alpha value is -2.41. The highest BCUT2D eigenvalue weighted by Crippen LogP contribution is 2.25. The van der Waals surface area contributed by atoms with Crippen LogP contribution in [0.3, 0.4) is 0 Å². The molecule has 3 rings (SSSR count). The third-order valence-electron chi connectivity index (χ3n) is 3.98. The molecule has 2 atom stereocenters. The summed E-state index contributed by atoms with van der Waals surface area (Å²) in [6.45, 7) is 1.73. The Balaban J connectivity index is 1.51. The molecule has 7 heteroatoms. The molecule has 6 nitrogen and oxygen atoms in total. The molecule has 1 aliphatic carbocycles. The van der Waals surface area contributed by atoms with E-state index in [1.807, 2.05) is 30.3 Å². The topological polar surface area (TPSA) is 83.1 Å². The third kappa shape index (κ3) is 3.91. The van der Waals surface area contributed by atoms with Crippen molar-refractivity contribution >= 4 is 38.5 Å². The van der Waals surface area contributed by atoms with Gasteiger partial charge in [-0.25, -0.2) is 4.98 Å². The highest BCUT2D eigenvalue weighted by Gasteiger charge is 2.20. The molecule has 126 valence electrons. The predicted octanol–water partition coefficient (Wildman–Crippen LogP) is 2.60. The SMILES string of the molecule is C[C@@H](Nc1nc2ccccc2s1)C(=O)NNC(=O)[C@H]1CC=CCC1. The monoisotopic (exact) mass is 344 g/mol. The van der Waals surface area contributed by atoms with Crippen molar-refractivity contribution in [1.29, 1.82) is 0 Å². The van der Waals surface area contributed by atoms with Gasteiger partial charge in [0.05, 0.1) is 10.2 Å². The fourth-order valence-electron chi connectivity index (χ4n) is 2.55. The van der Waals surface area contributed by atoms with Crippen molar-refractivity contribution in [3.05, 3.63) is 36.4 Å². The number of carbonyl (C=O) groups is 2. The number of aromatic nitrogens is 1. The van der Waals surface area contributed by atoms with Crippen LogP contribution in [0.4, 0.5) is 5.13 Å². The lowest BCUT2D eigenvalue weighted by Gasteiger charge is -2.19. The average molecular weight is 344 g/mol. The second-order valence-electron chi connectivity index (χ2n) is 5.81. The lowest BCUT2D eigenvalue weighted by Crippen LogP contribution is -2.49. The quantitative estimate of drug-likeness (QED) is 0.588. The summed E-state index contributed by atoms with van der Waals surface area (Å²) in [6.07, 6.45) is 6.53. The number of para-hydroxylation sites is 1. The van der Waals surface area contributed by atoms with Crippen LogP contribution in [0.5, 0.6) is 0 Å². The van der Waals surface area contributed by atoms with Crippen LogP contribution in [0.2, 0.25) is 0 Å². The van der Waals surface area contributed by atoms with E-state index in [0.717, 1.165) is 29.5 Å². The summed E-state index contributed by atoms with van der Waals surface area (Å²) in [5, 5.41) is 3.75. The van der Waals surface area contributed by atoms with Gasteiger partial charge in [-0.2, -0.15) is 0 Å². The van der Waals surface area contributed by atoms with Crippen molar-refractivity contribution in [3.63, 3.8) is 0 Å². The van der Waals surface area contributed by atoms with E-state index in [1.165, 1.54) is 11.3 Å². The third-order valence-corrected chi connectivity index (χ3v) is 4.94. The van der Waals surface area contributed by atoms with Gasteiger partial charge in [0.25, 0.3) is 5.91 Å². The zero-order chi connectivity index (χ0) is 16.9. The first-order valence-corrected chi connectivity index (χ1v) is 8.82. The molecule has 0 unspecified atom stereocenters. The summed E-state index contributed by atoms with van der Waals surface area (Å²) in [5.74, 6) is -0.503. The number of amides is 2. The molecule has 2 amide bonds. The highest BCUT2D eigenvalue weighted by molar-refractivity contribution is 7.22. The maximum Gasteiger partial charge on any atom is 0.260 e. The first-order chi connectivity index (χ1) is 11.6. The van der Waals surface area contributed by atoms with Crippen molar-refractivity contribution < 1.29 is 9.59 Å². The van der Waals surface area contributed by atoms with Gasteiger partial charge in [0.1, 0.15) is 6.04 Å². The number of allylic oxidation sites excluding steroid dienone is 2. The Morgan fingerprint density at radius 1 is 1.25 bits per heavy atom. The Morgan fingerprint density at radius 2 is 2.08 bits per heavy atom. The van der Waals surface area contributed by atoms with Gasteiger partial charge < -0.3 is 5.32 Å². The van der Waals surface area contributed by atoms with Crippen LogP contribution in [0.25, 0.3) is 10.2 Å². The molecule has 0 fully saturated rings. The molecule has 3 N–H and O–H groups in total. The van der Waals surface area contributed by atoms with Crippen LogP contribution in [0, 0.1) is 5.92 Å². The Kier molecular flexibility index (Phi) is 5.10. The smallest absolute Gasteiger partial charge is 0.260 e. The van der Waals surface area contributed by atoms with Crippen molar-refractivity contribution in [2.24, 2.45) is 5.92 Å². The highest BCUT2D eigenvalue weighted by atomic mass is 32.1. The van der Waals surface area contributed by atoms with Crippen LogP contribution < -0.4 is 16.2 Å². The minimum absolute atomic E-state index is 0.0668. The summed E-state index contributed by atoms with van der Waals surface area (Å²) >= 11 is 1.49. The number of hydrogen-bond donors (Lipinski definition) is 3. The standard InChI is InChI=1S/C17H20N4O2S/c1-11(18-17-19-13-9-5-6-10-14(13)24-17)15(22)20-21-16(23)12-7-3-2-4-8-12/h2-3,5-6,9-12H,4,7-8H2,1H3,(H,18,19)(H,20,22)(H,21,23)/t11-,12+/m1/s1. The normalized spacial score (nSPS) is 18.1. The number of benzene rings is 1. The lowest BCUT2D eigenvalue weighted by molar-refractivity contribution is -0.131. The largest absolute Gasteiger partial charge is 0.350 e. The number of anilines is 1. The van der Waals surface area contributed by atoms with E-state index in [1.54, 1.807) is 6.92 Å². The first kappa shape index (κ1) is 16.4. The molecule has 1 aromatic heterocycles. The lowest BCUT2D eigenvalue weighted by atomic mass is 9.94. The van der Waals surface area contributed by atoms with Gasteiger partial charge in [-0.15, -0.1) is 0 Å². The maximum atomic E-state index is 12.1. The molecule has 0 radical (unpaired) electrons. The van der Waals surface area contributed by atoms with E-state index >= 15 is 0 Å². The van der Waals surface area contributed by atoms with Crippen LogP contribution in [0.15, 0.2) is 36.4 Å². The van der Waals surface area contributed by atoms with Gasteiger partial charge in [0.2, 0.25) is 5.91 Å². The van der Waals surface area contributed by atoms with Gasteiger partial charge in [0.15, 0.2) is 5.13 Å². The molecule has 0 saturated carbocycles. The predicted molar refractivity (Wildman–Crippen MR) is 95.5 cm³/mol. The zero-order valence-corrected chi connectivity index (χ0v) is 14.2. The van der Waals surface area contributed by atoms with Gasteiger partial charge in [0, 0.05) is 5.92 Å². The van der Waals surface area contributed by atoms with Crippen molar-refractivity contribution in [2.75, 3.05) is 5.32 Å². The van der Waals surface area contributed by atoms with E-state index < -0.39 is 6.04 Å². The summed E-state index contributed by atoms with van der Waals surface area (Å²) in [4.78, 5) is 28.6. The van der Waals surface area contributed by atoms with Crippen molar-refractivity contribution in [3.8, 4) is 0 Å². The molecule has 2 aromatic rings. The number of rotatable bonds is 4. The van der Waals surface area contributed by atoms with Gasteiger partial charge >= 0.3 is 0 Å². The van der Waals surface area contributed by atoms with E-state index in [2.05, 4.69) is 27.2 Å². The van der Waals surface area contributed by atoms with Crippen LogP contribution in [-0.2, 0) is 9.59 Å². The molecular formula is C17H20N4O2S. The molecule has 0 aliphatic heterocycles. The van der Waals surface area contributed by atoms with E-state index in [9.17, 15) is 9.59 Å². The zero-order valence-electron chi connectivity index (χ0n) is 13.4. The first-order valence-electron chi connectivity index (χ1n) is 8.00. The fourth-order valence-corrected chi connectivity index (χ4v) is 3.50. The number of nitrogens with zero attached hydrogens (tertiary/aromatic N) is 1. The van der Waals surface area contributed by atoms with Gasteiger partial charge in [-0.05, 0) is 38.3 Å². The van der Waals surface area contributed by atoms with Gasteiger partial charge in [-0.1, -0.05) is 35.6 Å². The molecular weight excluding hydrogens is 324 g/mol. The fraction of sp³-hybridized carbons (Fsp3) is 0.353. The molecule has 1 aliphatic rings. The van der Waals surface area contributed by atoms with E-state index in [-0.39, 0.29) is 17.7 Å². The summed E-state index contributed by atoms with van der Waals surface area (Å²) in [7, 11) is 0. The number of nitrogens with one attached hydrogen (secondary N) is 3. The molecule has 0 bridgehead atoms. The summed E-state index contributed by atoms with van der Waals surface area (Å²) < 4.78 is 1.06. The summed E-state index contributed by atoms with van der Waals surface area (Å²) in [5.41, 5.74) is 5.90. The summed E-state index contributed by atoms with van der Waals surface area (Å²) in [6, 6.07) is 7.30. The average Bonchev–Trinajstić information content (AvgIpc) is 3.02. The van der Waals surface area contributed by atoms with Crippen LogP contribution in [-0.4, -0.2) is 22.8 Å². The number of carbonyl (C=O) groups excluding carboxylic acids is 2. The number of fused-ring (bicyclic) bond motifs is 1. The van der Waals surface area contributed by atoms with Crippen molar-refractivity contribution in [2.45, 2.75) is 32.2 Å². The number of hydrogen-bond acceptors (Lipinski definition) is 5. The second kappa shape index (κ2) is 7.44. The van der Waals surface area contributed by atoms with Gasteiger partial charge in [-0.3, -0.25) is 20.4 Å². The second-order valence-corrected chi connectivity index (χ2v) is 6.84.